The number of rotatable bonds is 8. The van der Waals surface area contributed by atoms with Crippen LogP contribution in [0.2, 0.25) is 0 Å². The van der Waals surface area contributed by atoms with Crippen LogP contribution in [0.1, 0.15) is 34.3 Å². The number of nitrogens with one attached hydrogen (secondary N) is 1. The lowest BCUT2D eigenvalue weighted by molar-refractivity contribution is -0.135. The average molecular weight is 472 g/mol. The van der Waals surface area contributed by atoms with E-state index in [4.69, 9.17) is 14.4 Å². The Balaban J connectivity index is 1.26. The number of hydrogen-bond donors (Lipinski definition) is 2. The summed E-state index contributed by atoms with van der Waals surface area (Å²) in [6.07, 6.45) is 1.81. The Bertz CT molecular complexity index is 1380. The number of hydrogen-bond acceptors (Lipinski definition) is 7. The molecule has 2 heterocycles. The van der Waals surface area contributed by atoms with Crippen LogP contribution in [0.4, 0.5) is 11.7 Å². The maximum absolute atomic E-state index is 13.1. The van der Waals surface area contributed by atoms with Crippen LogP contribution < -0.4 is 10.2 Å². The molecule has 1 fully saturated rings. The molecule has 0 saturated carbocycles. The number of aromatic nitrogens is 1. The number of Topliss-reactive ketones (excluding diaryl/α,β-unsaturated/α-hetero) is 1. The Morgan fingerprint density at radius 3 is 2.71 bits per heavy atom. The molecular formula is C27H25N3O5. The number of carboxylic acids is 1. The summed E-state index contributed by atoms with van der Waals surface area (Å²) in [5.41, 5.74) is 4.37. The second-order valence-corrected chi connectivity index (χ2v) is 8.62. The van der Waals surface area contributed by atoms with Crippen LogP contribution in [0.25, 0.3) is 11.1 Å². The molecule has 1 aliphatic rings. The standard InChI is InChI=1S/C27H25N3O5/c1-17-5-2-3-6-21(17)28-27-29-22-13-8-18(16-25(22)34-27)15-24(31)23-7-4-14-30(23)35-20-11-9-19(10-12-20)26(32)33/h2-3,5-6,8-13,16,23H,4,7,14-15H2,1H3,(H,28,29)(H,32,33)/t23-/m1/s1. The van der Waals surface area contributed by atoms with Gasteiger partial charge in [0.25, 0.3) is 6.01 Å². The molecule has 0 amide bonds. The first-order valence-electron chi connectivity index (χ1n) is 11.5. The van der Waals surface area contributed by atoms with Crippen LogP contribution in [0.15, 0.2) is 71.1 Å². The molecule has 1 aromatic heterocycles. The van der Waals surface area contributed by atoms with Crippen molar-refractivity contribution < 1.29 is 24.0 Å². The van der Waals surface area contributed by atoms with Crippen LogP contribution in [-0.4, -0.2) is 39.5 Å². The minimum absolute atomic E-state index is 0.0572. The summed E-state index contributed by atoms with van der Waals surface area (Å²) in [7, 11) is 0. The number of aryl methyl sites for hydroxylation is 1. The monoisotopic (exact) mass is 471 g/mol. The smallest absolute Gasteiger partial charge is 0.335 e. The molecule has 35 heavy (non-hydrogen) atoms. The summed E-state index contributed by atoms with van der Waals surface area (Å²) in [4.78, 5) is 34.6. The fourth-order valence-corrected chi connectivity index (χ4v) is 4.24. The molecule has 3 aromatic carbocycles. The second kappa shape index (κ2) is 9.60. The number of para-hydroxylation sites is 1. The third-order valence-corrected chi connectivity index (χ3v) is 6.12. The molecule has 1 atom stereocenters. The van der Waals surface area contributed by atoms with Gasteiger partial charge in [-0.2, -0.15) is 4.98 Å². The Hall–Kier alpha value is -4.17. The van der Waals surface area contributed by atoms with E-state index >= 15 is 0 Å². The number of carbonyl (C=O) groups excluding carboxylic acids is 1. The van der Waals surface area contributed by atoms with Crippen molar-refractivity contribution in [1.82, 2.24) is 10.0 Å². The van der Waals surface area contributed by atoms with Crippen molar-refractivity contribution in [2.24, 2.45) is 0 Å². The zero-order valence-electron chi connectivity index (χ0n) is 19.2. The molecule has 178 valence electrons. The number of aromatic carboxylic acids is 1. The van der Waals surface area contributed by atoms with Gasteiger partial charge in [0, 0.05) is 18.7 Å². The minimum atomic E-state index is -0.993. The third-order valence-electron chi connectivity index (χ3n) is 6.12. The number of fused-ring (bicyclic) bond motifs is 1. The molecule has 0 spiro atoms. The molecule has 2 N–H and O–H groups in total. The van der Waals surface area contributed by atoms with Gasteiger partial charge >= 0.3 is 5.97 Å². The first-order valence-corrected chi connectivity index (χ1v) is 11.5. The fraction of sp³-hybridized carbons (Fsp3) is 0.222. The Kier molecular flexibility index (Phi) is 6.20. The topological polar surface area (TPSA) is 105 Å². The Morgan fingerprint density at radius 1 is 1.14 bits per heavy atom. The fourth-order valence-electron chi connectivity index (χ4n) is 4.24. The predicted octanol–water partition coefficient (Wildman–Crippen LogP) is 5.15. The molecule has 1 aliphatic heterocycles. The van der Waals surface area contributed by atoms with Crippen LogP contribution >= 0.6 is 0 Å². The van der Waals surface area contributed by atoms with E-state index in [0.29, 0.717) is 35.8 Å². The number of ketones is 1. The van der Waals surface area contributed by atoms with Crippen molar-refractivity contribution in [3.05, 3.63) is 83.4 Å². The van der Waals surface area contributed by atoms with Crippen molar-refractivity contribution in [1.29, 1.82) is 0 Å². The van der Waals surface area contributed by atoms with Gasteiger partial charge in [-0.05, 0) is 73.4 Å². The van der Waals surface area contributed by atoms with E-state index in [9.17, 15) is 9.59 Å². The lowest BCUT2D eigenvalue weighted by Crippen LogP contribution is -2.39. The van der Waals surface area contributed by atoms with Crippen molar-refractivity contribution in [3.8, 4) is 5.75 Å². The van der Waals surface area contributed by atoms with Crippen LogP contribution in [0.5, 0.6) is 5.75 Å². The highest BCUT2D eigenvalue weighted by molar-refractivity contribution is 5.88. The number of anilines is 2. The van der Waals surface area contributed by atoms with E-state index in [0.717, 1.165) is 23.2 Å². The first kappa shape index (κ1) is 22.6. The largest absolute Gasteiger partial charge is 0.478 e. The van der Waals surface area contributed by atoms with Gasteiger partial charge in [0.2, 0.25) is 0 Å². The summed E-state index contributed by atoms with van der Waals surface area (Å²) in [5.74, 6) is -0.430. The van der Waals surface area contributed by atoms with E-state index in [1.54, 1.807) is 17.2 Å². The molecule has 4 aromatic rings. The van der Waals surface area contributed by atoms with Gasteiger partial charge in [-0.15, -0.1) is 5.06 Å². The molecule has 5 rings (SSSR count). The highest BCUT2D eigenvalue weighted by atomic mass is 16.7. The predicted molar refractivity (Wildman–Crippen MR) is 131 cm³/mol. The zero-order valence-corrected chi connectivity index (χ0v) is 19.2. The average Bonchev–Trinajstić information content (AvgIpc) is 3.47. The summed E-state index contributed by atoms with van der Waals surface area (Å²) in [6.45, 7) is 2.64. The maximum Gasteiger partial charge on any atom is 0.335 e. The molecule has 1 saturated heterocycles. The van der Waals surface area contributed by atoms with Gasteiger partial charge in [0.05, 0.1) is 5.56 Å². The molecule has 8 heteroatoms. The Morgan fingerprint density at radius 2 is 1.94 bits per heavy atom. The first-order chi connectivity index (χ1) is 17.0. The maximum atomic E-state index is 13.1. The highest BCUT2D eigenvalue weighted by Crippen LogP contribution is 2.26. The summed E-state index contributed by atoms with van der Waals surface area (Å²) in [5, 5.41) is 13.9. The normalized spacial score (nSPS) is 15.9. The summed E-state index contributed by atoms with van der Waals surface area (Å²) in [6, 6.07) is 19.7. The number of nitrogens with zero attached hydrogens (tertiary/aromatic N) is 2. The number of hydroxylamine groups is 2. The number of carboxylic acid groups (broad SMARTS) is 1. The molecule has 8 nitrogen and oxygen atoms in total. The van der Waals surface area contributed by atoms with Gasteiger partial charge in [0.15, 0.2) is 11.4 Å². The van der Waals surface area contributed by atoms with Gasteiger partial charge in [-0.25, -0.2) is 4.79 Å². The third kappa shape index (κ3) is 5.02. The molecule has 0 bridgehead atoms. The van der Waals surface area contributed by atoms with Crippen LogP contribution in [0, 0.1) is 6.92 Å². The molecular weight excluding hydrogens is 446 g/mol. The van der Waals surface area contributed by atoms with Crippen molar-refractivity contribution in [2.45, 2.75) is 32.2 Å². The van der Waals surface area contributed by atoms with Gasteiger partial charge in [-0.1, -0.05) is 24.3 Å². The summed E-state index contributed by atoms with van der Waals surface area (Å²) < 4.78 is 5.89. The van der Waals surface area contributed by atoms with E-state index in [1.165, 1.54) is 12.1 Å². The van der Waals surface area contributed by atoms with Crippen LogP contribution in [-0.2, 0) is 11.2 Å². The molecule has 0 unspecified atom stereocenters. The van der Waals surface area contributed by atoms with E-state index in [-0.39, 0.29) is 23.8 Å². The van der Waals surface area contributed by atoms with E-state index in [1.807, 2.05) is 49.4 Å². The summed E-state index contributed by atoms with van der Waals surface area (Å²) >= 11 is 0. The number of benzene rings is 3. The van der Waals surface area contributed by atoms with E-state index < -0.39 is 5.97 Å². The molecule has 0 aliphatic carbocycles. The Labute approximate surface area is 202 Å². The van der Waals surface area contributed by atoms with Crippen molar-refractivity contribution in [2.75, 3.05) is 11.9 Å². The van der Waals surface area contributed by atoms with Crippen molar-refractivity contribution >= 4 is 34.6 Å². The minimum Gasteiger partial charge on any atom is -0.478 e. The number of carbonyl (C=O) groups is 2. The van der Waals surface area contributed by atoms with E-state index in [2.05, 4.69) is 10.3 Å². The zero-order chi connectivity index (χ0) is 24.4. The van der Waals surface area contributed by atoms with Gasteiger partial charge in [-0.3, -0.25) is 4.79 Å². The second-order valence-electron chi connectivity index (χ2n) is 8.62. The SMILES string of the molecule is Cc1ccccc1Nc1nc2ccc(CC(=O)[C@H]3CCCN3Oc3ccc(C(=O)O)cc3)cc2o1. The highest BCUT2D eigenvalue weighted by Gasteiger charge is 2.32. The lowest BCUT2D eigenvalue weighted by Gasteiger charge is -2.23. The van der Waals surface area contributed by atoms with Gasteiger partial charge in [0.1, 0.15) is 17.3 Å². The number of oxazole rings is 1. The van der Waals surface area contributed by atoms with Gasteiger partial charge < -0.3 is 19.7 Å². The lowest BCUT2D eigenvalue weighted by atomic mass is 10.0. The van der Waals surface area contributed by atoms with Crippen molar-refractivity contribution in [3.63, 3.8) is 0 Å². The quantitative estimate of drug-likeness (QED) is 0.364. The molecule has 0 radical (unpaired) electrons. The van der Waals surface area contributed by atoms with Crippen LogP contribution in [0.3, 0.4) is 0 Å².